The summed E-state index contributed by atoms with van der Waals surface area (Å²) in [6.45, 7) is 1.02. The van der Waals surface area contributed by atoms with Gasteiger partial charge in [-0.1, -0.05) is 36.4 Å². The van der Waals surface area contributed by atoms with Crippen molar-refractivity contribution in [3.63, 3.8) is 0 Å². The van der Waals surface area contributed by atoms with Crippen LogP contribution >= 0.6 is 0 Å². The summed E-state index contributed by atoms with van der Waals surface area (Å²) in [5.74, 6) is 1.02. The molecular weight excluding hydrogens is 454 g/mol. The highest BCUT2D eigenvalue weighted by Gasteiger charge is 2.08. The normalized spacial score (nSPS) is 10.4. The minimum absolute atomic E-state index is 0.0895. The molecule has 4 rings (SSSR count). The zero-order chi connectivity index (χ0) is 25.0. The van der Waals surface area contributed by atoms with Gasteiger partial charge < -0.3 is 25.1 Å². The number of hydrogen-bond donors (Lipinski definition) is 3. The summed E-state index contributed by atoms with van der Waals surface area (Å²) in [7, 11) is 0. The van der Waals surface area contributed by atoms with Gasteiger partial charge >= 0.3 is 0 Å². The van der Waals surface area contributed by atoms with E-state index in [1.165, 1.54) is 5.56 Å². The summed E-state index contributed by atoms with van der Waals surface area (Å²) >= 11 is 0. The number of ether oxygens (including phenoxy) is 1. The summed E-state index contributed by atoms with van der Waals surface area (Å²) in [5, 5.41) is 8.74. The van der Waals surface area contributed by atoms with Gasteiger partial charge in [0.15, 0.2) is 0 Å². The third-order valence-corrected chi connectivity index (χ3v) is 5.44. The van der Waals surface area contributed by atoms with Crippen molar-refractivity contribution in [2.45, 2.75) is 19.4 Å². The number of aryl methyl sites for hydroxylation is 1. The molecule has 4 aromatic rings. The number of carbonyl (C=O) groups excluding carboxylic acids is 2. The lowest BCUT2D eigenvalue weighted by atomic mass is 10.1. The van der Waals surface area contributed by atoms with E-state index >= 15 is 0 Å². The molecule has 7 heteroatoms. The molecule has 0 aliphatic carbocycles. The average molecular weight is 484 g/mol. The average Bonchev–Trinajstić information content (AvgIpc) is 3.44. The second kappa shape index (κ2) is 12.8. The highest BCUT2D eigenvalue weighted by atomic mass is 16.5. The van der Waals surface area contributed by atoms with Gasteiger partial charge in [0.05, 0.1) is 26.0 Å². The maximum Gasteiger partial charge on any atom is 0.251 e. The lowest BCUT2D eigenvalue weighted by molar-refractivity contribution is -0.114. The number of furan rings is 1. The molecule has 0 saturated carbocycles. The number of nitrogens with one attached hydrogen (secondary N) is 3. The molecule has 7 nitrogen and oxygen atoms in total. The first-order valence-corrected chi connectivity index (χ1v) is 11.9. The van der Waals surface area contributed by atoms with Gasteiger partial charge in [-0.3, -0.25) is 9.59 Å². The molecule has 1 aromatic heterocycles. The van der Waals surface area contributed by atoms with Crippen LogP contribution in [0.15, 0.2) is 102 Å². The van der Waals surface area contributed by atoms with Crippen LogP contribution in [0.1, 0.15) is 28.1 Å². The van der Waals surface area contributed by atoms with Crippen molar-refractivity contribution in [1.29, 1.82) is 0 Å². The Bertz CT molecular complexity index is 1240. The lowest BCUT2D eigenvalue weighted by Crippen LogP contribution is -2.23. The molecule has 0 fully saturated rings. The van der Waals surface area contributed by atoms with Crippen LogP contribution in [0, 0.1) is 0 Å². The van der Waals surface area contributed by atoms with E-state index in [4.69, 9.17) is 9.15 Å². The Morgan fingerprint density at radius 1 is 0.833 bits per heavy atom. The van der Waals surface area contributed by atoms with Crippen molar-refractivity contribution < 1.29 is 18.7 Å². The Balaban J connectivity index is 1.18. The zero-order valence-electron chi connectivity index (χ0n) is 19.9. The third kappa shape index (κ3) is 7.77. The Kier molecular flexibility index (Phi) is 8.75. The number of rotatable bonds is 12. The van der Waals surface area contributed by atoms with Crippen LogP contribution in [-0.4, -0.2) is 25.0 Å². The Labute approximate surface area is 210 Å². The van der Waals surface area contributed by atoms with Gasteiger partial charge in [-0.05, 0) is 66.9 Å². The molecule has 0 atom stereocenters. The molecule has 184 valence electrons. The standard InChI is InChI=1S/C29H29N3O4/c33-28(21-30-24-15-13-23(14-16-24)29(34)31-20-27-12-6-18-36-27)32-25-10-4-11-26(19-25)35-17-5-9-22-7-2-1-3-8-22/h1-4,6-8,10-16,18-19,30H,5,9,17,20-21H2,(H,31,34)(H,32,33). The summed E-state index contributed by atoms with van der Waals surface area (Å²) in [6.07, 6.45) is 3.44. The lowest BCUT2D eigenvalue weighted by Gasteiger charge is -2.11. The van der Waals surface area contributed by atoms with Crippen LogP contribution in [-0.2, 0) is 17.8 Å². The van der Waals surface area contributed by atoms with Gasteiger partial charge in [-0.2, -0.15) is 0 Å². The fourth-order valence-electron chi connectivity index (χ4n) is 3.58. The fourth-order valence-corrected chi connectivity index (χ4v) is 3.58. The van der Waals surface area contributed by atoms with Crippen molar-refractivity contribution in [1.82, 2.24) is 5.32 Å². The first-order chi connectivity index (χ1) is 17.7. The molecule has 0 radical (unpaired) electrons. The van der Waals surface area contributed by atoms with Crippen molar-refractivity contribution in [2.24, 2.45) is 0 Å². The van der Waals surface area contributed by atoms with Gasteiger partial charge in [0, 0.05) is 23.0 Å². The molecule has 2 amide bonds. The van der Waals surface area contributed by atoms with E-state index < -0.39 is 0 Å². The maximum absolute atomic E-state index is 12.4. The minimum atomic E-state index is -0.196. The first-order valence-electron chi connectivity index (χ1n) is 11.9. The van der Waals surface area contributed by atoms with Crippen molar-refractivity contribution >= 4 is 23.2 Å². The highest BCUT2D eigenvalue weighted by Crippen LogP contribution is 2.18. The van der Waals surface area contributed by atoms with Crippen LogP contribution in [0.3, 0.4) is 0 Å². The van der Waals surface area contributed by atoms with Crippen molar-refractivity contribution in [3.8, 4) is 5.75 Å². The van der Waals surface area contributed by atoms with Crippen LogP contribution < -0.4 is 20.7 Å². The van der Waals surface area contributed by atoms with E-state index in [-0.39, 0.29) is 18.4 Å². The highest BCUT2D eigenvalue weighted by molar-refractivity contribution is 5.95. The Morgan fingerprint density at radius 2 is 1.67 bits per heavy atom. The molecule has 0 aliphatic heterocycles. The Morgan fingerprint density at radius 3 is 2.44 bits per heavy atom. The molecule has 3 N–H and O–H groups in total. The number of amides is 2. The monoisotopic (exact) mass is 483 g/mol. The molecule has 0 spiro atoms. The van der Waals surface area contributed by atoms with Crippen LogP contribution in [0.25, 0.3) is 0 Å². The molecule has 1 heterocycles. The second-order valence-corrected chi connectivity index (χ2v) is 8.21. The molecule has 3 aromatic carbocycles. The summed E-state index contributed by atoms with van der Waals surface area (Å²) < 4.78 is 11.1. The molecule has 0 unspecified atom stereocenters. The maximum atomic E-state index is 12.4. The van der Waals surface area contributed by atoms with Gasteiger partial charge in [0.1, 0.15) is 11.5 Å². The molecular formula is C29H29N3O4. The van der Waals surface area contributed by atoms with E-state index in [0.29, 0.717) is 30.2 Å². The fraction of sp³-hybridized carbons (Fsp3) is 0.172. The zero-order valence-corrected chi connectivity index (χ0v) is 19.9. The predicted octanol–water partition coefficient (Wildman–Crippen LogP) is 5.27. The van der Waals surface area contributed by atoms with Gasteiger partial charge in [0.25, 0.3) is 5.91 Å². The van der Waals surface area contributed by atoms with E-state index in [0.717, 1.165) is 24.3 Å². The van der Waals surface area contributed by atoms with Crippen molar-refractivity contribution in [2.75, 3.05) is 23.8 Å². The van der Waals surface area contributed by atoms with Crippen LogP contribution in [0.5, 0.6) is 5.75 Å². The summed E-state index contributed by atoms with van der Waals surface area (Å²) in [4.78, 5) is 24.6. The number of anilines is 2. The van der Waals surface area contributed by atoms with Crippen LogP contribution in [0.4, 0.5) is 11.4 Å². The van der Waals surface area contributed by atoms with Crippen LogP contribution in [0.2, 0.25) is 0 Å². The molecule has 0 saturated heterocycles. The smallest absolute Gasteiger partial charge is 0.251 e. The van der Waals surface area contributed by atoms with E-state index in [1.807, 2.05) is 42.5 Å². The van der Waals surface area contributed by atoms with E-state index in [1.54, 1.807) is 42.7 Å². The quantitative estimate of drug-likeness (QED) is 0.239. The molecule has 0 bridgehead atoms. The first kappa shape index (κ1) is 24.6. The van der Waals surface area contributed by atoms with Crippen molar-refractivity contribution in [3.05, 3.63) is 114 Å². The largest absolute Gasteiger partial charge is 0.494 e. The SMILES string of the molecule is O=C(CNc1ccc(C(=O)NCc2ccco2)cc1)Nc1cccc(OCCCc2ccccc2)c1. The van der Waals surface area contributed by atoms with Gasteiger partial charge in [-0.25, -0.2) is 0 Å². The molecule has 0 aliphatic rings. The van der Waals surface area contributed by atoms with E-state index in [2.05, 4.69) is 28.1 Å². The molecule has 36 heavy (non-hydrogen) atoms. The second-order valence-electron chi connectivity index (χ2n) is 8.21. The van der Waals surface area contributed by atoms with Gasteiger partial charge in [-0.15, -0.1) is 0 Å². The van der Waals surface area contributed by atoms with Gasteiger partial charge in [0.2, 0.25) is 5.91 Å². The number of hydrogen-bond acceptors (Lipinski definition) is 5. The topological polar surface area (TPSA) is 92.6 Å². The third-order valence-electron chi connectivity index (χ3n) is 5.44. The number of benzene rings is 3. The number of carbonyl (C=O) groups is 2. The summed E-state index contributed by atoms with van der Waals surface area (Å²) in [6, 6.07) is 28.2. The van der Waals surface area contributed by atoms with E-state index in [9.17, 15) is 9.59 Å². The minimum Gasteiger partial charge on any atom is -0.494 e. The summed E-state index contributed by atoms with van der Waals surface area (Å²) in [5.41, 5.74) is 3.23. The predicted molar refractivity (Wildman–Crippen MR) is 140 cm³/mol. The Hall–Kier alpha value is -4.52.